The molecule has 0 aliphatic heterocycles. The van der Waals surface area contributed by atoms with E-state index in [0.29, 0.717) is 19.4 Å². The van der Waals surface area contributed by atoms with Crippen LogP contribution in [0.4, 0.5) is 0 Å². The Bertz CT molecular complexity index is 709. The number of hydrogen-bond acceptors (Lipinski definition) is 4. The molecule has 21 heavy (non-hydrogen) atoms. The summed E-state index contributed by atoms with van der Waals surface area (Å²) >= 11 is 0. The highest BCUT2D eigenvalue weighted by molar-refractivity contribution is 7.89. The molecule has 0 atom stereocenters. The third-order valence-corrected chi connectivity index (χ3v) is 5.39. The summed E-state index contributed by atoms with van der Waals surface area (Å²) in [7, 11) is 0.0753. The number of hydrogen-bond donors (Lipinski definition) is 1. The van der Waals surface area contributed by atoms with Gasteiger partial charge in [0.05, 0.1) is 23.9 Å². The first-order valence-corrected chi connectivity index (χ1v) is 8.54. The lowest BCUT2D eigenvalue weighted by Crippen LogP contribution is -2.31. The maximum atomic E-state index is 11.9. The maximum absolute atomic E-state index is 11.9. The van der Waals surface area contributed by atoms with Gasteiger partial charge < -0.3 is 9.72 Å². The monoisotopic (exact) mass is 311 g/mol. The van der Waals surface area contributed by atoms with Crippen molar-refractivity contribution >= 4 is 21.1 Å². The lowest BCUT2D eigenvalue weighted by Gasteiger charge is -2.15. The van der Waals surface area contributed by atoms with Gasteiger partial charge in [-0.2, -0.15) is 0 Å². The van der Waals surface area contributed by atoms with E-state index in [9.17, 15) is 8.42 Å². The largest absolute Gasteiger partial charge is 0.497 e. The minimum Gasteiger partial charge on any atom is -0.497 e. The standard InChI is InChI=1S/C14H21N3O3S/c1-4-9-21(18,19)17(2)8-7-14-15-12-6-5-11(20-3)10-13(12)16-14/h5-6,10H,4,7-9H2,1-3H3,(H,15,16). The van der Waals surface area contributed by atoms with Crippen molar-refractivity contribution in [3.05, 3.63) is 24.0 Å². The number of sulfonamides is 1. The van der Waals surface area contributed by atoms with E-state index >= 15 is 0 Å². The first-order chi connectivity index (χ1) is 9.96. The number of nitrogens with one attached hydrogen (secondary N) is 1. The molecule has 0 spiro atoms. The molecule has 1 heterocycles. The fraction of sp³-hybridized carbons (Fsp3) is 0.500. The number of fused-ring (bicyclic) bond motifs is 1. The van der Waals surface area contributed by atoms with Crippen molar-refractivity contribution in [2.45, 2.75) is 19.8 Å². The van der Waals surface area contributed by atoms with Crippen molar-refractivity contribution in [3.63, 3.8) is 0 Å². The van der Waals surface area contributed by atoms with E-state index < -0.39 is 10.0 Å². The van der Waals surface area contributed by atoms with Crippen molar-refractivity contribution in [1.82, 2.24) is 14.3 Å². The van der Waals surface area contributed by atoms with E-state index in [1.54, 1.807) is 14.2 Å². The summed E-state index contributed by atoms with van der Waals surface area (Å²) in [4.78, 5) is 7.65. The molecule has 0 saturated carbocycles. The summed E-state index contributed by atoms with van der Waals surface area (Å²) in [6.07, 6.45) is 1.17. The lowest BCUT2D eigenvalue weighted by molar-refractivity contribution is 0.415. The molecular formula is C14H21N3O3S. The quantitative estimate of drug-likeness (QED) is 0.846. The molecule has 0 radical (unpaired) electrons. The Balaban J connectivity index is 2.07. The van der Waals surface area contributed by atoms with E-state index in [4.69, 9.17) is 4.74 Å². The van der Waals surface area contributed by atoms with Gasteiger partial charge >= 0.3 is 0 Å². The molecule has 0 aliphatic carbocycles. The molecule has 6 nitrogen and oxygen atoms in total. The molecule has 1 aromatic carbocycles. The first-order valence-electron chi connectivity index (χ1n) is 6.93. The Kier molecular flexibility index (Phi) is 4.84. The molecule has 0 saturated heterocycles. The molecule has 0 unspecified atom stereocenters. The number of H-pyrrole nitrogens is 1. The van der Waals surface area contributed by atoms with Crippen LogP contribution in [-0.2, 0) is 16.4 Å². The average Bonchev–Trinajstić information content (AvgIpc) is 2.86. The number of aromatic amines is 1. The zero-order chi connectivity index (χ0) is 15.5. The number of benzene rings is 1. The van der Waals surface area contributed by atoms with Gasteiger partial charge in [0.1, 0.15) is 11.6 Å². The van der Waals surface area contributed by atoms with E-state index in [1.165, 1.54) is 4.31 Å². The Morgan fingerprint density at radius 3 is 2.81 bits per heavy atom. The average molecular weight is 311 g/mol. The van der Waals surface area contributed by atoms with Crippen LogP contribution in [-0.4, -0.2) is 49.1 Å². The molecule has 1 aromatic heterocycles. The van der Waals surface area contributed by atoms with Gasteiger partial charge in [0.15, 0.2) is 0 Å². The minimum absolute atomic E-state index is 0.181. The molecule has 0 aliphatic rings. The Morgan fingerprint density at radius 2 is 2.14 bits per heavy atom. The normalized spacial score (nSPS) is 12.2. The molecule has 0 fully saturated rings. The van der Waals surface area contributed by atoms with Gasteiger partial charge in [0.2, 0.25) is 10.0 Å². The lowest BCUT2D eigenvalue weighted by atomic mass is 10.3. The van der Waals surface area contributed by atoms with Gasteiger partial charge in [-0.3, -0.25) is 0 Å². The second-order valence-electron chi connectivity index (χ2n) is 4.95. The van der Waals surface area contributed by atoms with Gasteiger partial charge in [-0.1, -0.05) is 6.92 Å². The van der Waals surface area contributed by atoms with Gasteiger partial charge in [0, 0.05) is 26.1 Å². The third-order valence-electron chi connectivity index (χ3n) is 3.34. The van der Waals surface area contributed by atoms with Gasteiger partial charge in [-0.25, -0.2) is 17.7 Å². The van der Waals surface area contributed by atoms with Crippen LogP contribution < -0.4 is 4.74 Å². The Labute approximate surface area is 125 Å². The Morgan fingerprint density at radius 1 is 1.38 bits per heavy atom. The van der Waals surface area contributed by atoms with Crippen molar-refractivity contribution < 1.29 is 13.2 Å². The summed E-state index contributed by atoms with van der Waals surface area (Å²) in [5.41, 5.74) is 1.74. The van der Waals surface area contributed by atoms with E-state index in [2.05, 4.69) is 9.97 Å². The predicted octanol–water partition coefficient (Wildman–Crippen LogP) is 1.79. The molecule has 116 valence electrons. The highest BCUT2D eigenvalue weighted by atomic mass is 32.2. The van der Waals surface area contributed by atoms with Crippen LogP contribution >= 0.6 is 0 Å². The van der Waals surface area contributed by atoms with Crippen molar-refractivity contribution in [3.8, 4) is 5.75 Å². The topological polar surface area (TPSA) is 75.3 Å². The number of methoxy groups -OCH3 is 1. The van der Waals surface area contributed by atoms with Crippen molar-refractivity contribution in [2.75, 3.05) is 26.5 Å². The van der Waals surface area contributed by atoms with E-state index in [0.717, 1.165) is 22.6 Å². The Hall–Kier alpha value is -1.60. The maximum Gasteiger partial charge on any atom is 0.213 e. The second-order valence-corrected chi connectivity index (χ2v) is 7.15. The summed E-state index contributed by atoms with van der Waals surface area (Å²) in [5, 5.41) is 0. The summed E-state index contributed by atoms with van der Waals surface area (Å²) in [6.45, 7) is 2.28. The molecule has 7 heteroatoms. The van der Waals surface area contributed by atoms with Gasteiger partial charge in [-0.05, 0) is 18.6 Å². The summed E-state index contributed by atoms with van der Waals surface area (Å²) in [5.74, 6) is 1.72. The fourth-order valence-electron chi connectivity index (χ4n) is 2.10. The van der Waals surface area contributed by atoms with Gasteiger partial charge in [-0.15, -0.1) is 0 Å². The highest BCUT2D eigenvalue weighted by Gasteiger charge is 2.16. The zero-order valence-electron chi connectivity index (χ0n) is 12.6. The van der Waals surface area contributed by atoms with Crippen LogP contribution in [0.3, 0.4) is 0 Å². The van der Waals surface area contributed by atoms with Gasteiger partial charge in [0.25, 0.3) is 0 Å². The molecular weight excluding hydrogens is 290 g/mol. The SMILES string of the molecule is CCCS(=O)(=O)N(C)CCc1nc2ccc(OC)cc2[nH]1. The second kappa shape index (κ2) is 6.44. The van der Waals surface area contributed by atoms with Crippen LogP contribution in [0.5, 0.6) is 5.75 Å². The van der Waals surface area contributed by atoms with Crippen LogP contribution in [0.15, 0.2) is 18.2 Å². The fourth-order valence-corrected chi connectivity index (χ4v) is 3.30. The number of nitrogens with zero attached hydrogens (tertiary/aromatic N) is 2. The van der Waals surface area contributed by atoms with Crippen molar-refractivity contribution in [1.29, 1.82) is 0 Å². The molecule has 2 rings (SSSR count). The minimum atomic E-state index is -3.15. The predicted molar refractivity (Wildman–Crippen MR) is 83.1 cm³/mol. The van der Waals surface area contributed by atoms with E-state index in [-0.39, 0.29) is 5.75 Å². The highest BCUT2D eigenvalue weighted by Crippen LogP contribution is 2.19. The summed E-state index contributed by atoms with van der Waals surface area (Å²) < 4.78 is 30.3. The summed E-state index contributed by atoms with van der Waals surface area (Å²) in [6, 6.07) is 5.61. The van der Waals surface area contributed by atoms with Crippen LogP contribution in [0.2, 0.25) is 0 Å². The number of rotatable bonds is 7. The van der Waals surface area contributed by atoms with E-state index in [1.807, 2.05) is 25.1 Å². The smallest absolute Gasteiger partial charge is 0.213 e. The van der Waals surface area contributed by atoms with Crippen LogP contribution in [0.25, 0.3) is 11.0 Å². The molecule has 0 amide bonds. The van der Waals surface area contributed by atoms with Crippen LogP contribution in [0.1, 0.15) is 19.2 Å². The number of likely N-dealkylation sites (N-methyl/N-ethyl adjacent to an activating group) is 1. The van der Waals surface area contributed by atoms with Crippen LogP contribution in [0, 0.1) is 0 Å². The first kappa shape index (κ1) is 15.8. The molecule has 1 N–H and O–H groups in total. The molecule has 0 bridgehead atoms. The molecule has 2 aromatic rings. The van der Waals surface area contributed by atoms with Crippen molar-refractivity contribution in [2.24, 2.45) is 0 Å². The number of ether oxygens (including phenoxy) is 1. The number of imidazole rings is 1. The zero-order valence-corrected chi connectivity index (χ0v) is 13.4. The number of aromatic nitrogens is 2. The third kappa shape index (κ3) is 3.74.